The molecule has 158 valence electrons. The van der Waals surface area contributed by atoms with Crippen molar-refractivity contribution in [3.8, 4) is 5.69 Å². The highest BCUT2D eigenvalue weighted by Crippen LogP contribution is 2.28. The first-order chi connectivity index (χ1) is 14.9. The second-order valence-electron chi connectivity index (χ2n) is 7.16. The summed E-state index contributed by atoms with van der Waals surface area (Å²) in [5.74, 6) is -0.333. The number of hydrogen-bond acceptors (Lipinski definition) is 3. The Hall–Kier alpha value is -2.16. The van der Waals surface area contributed by atoms with Gasteiger partial charge in [0.1, 0.15) is 11.0 Å². The van der Waals surface area contributed by atoms with E-state index in [1.807, 2.05) is 18.2 Å². The maximum absolute atomic E-state index is 12.7. The van der Waals surface area contributed by atoms with E-state index < -0.39 is 0 Å². The lowest BCUT2D eigenvalue weighted by Gasteiger charge is -2.08. The van der Waals surface area contributed by atoms with Crippen molar-refractivity contribution in [1.82, 2.24) is 15.0 Å². The molecule has 1 N–H and O–H groups in total. The van der Waals surface area contributed by atoms with E-state index in [2.05, 4.69) is 57.2 Å². The smallest absolute Gasteiger partial charge is 0.257 e. The van der Waals surface area contributed by atoms with Gasteiger partial charge in [0.2, 0.25) is 0 Å². The van der Waals surface area contributed by atoms with Crippen LogP contribution < -0.4 is 5.32 Å². The number of nitrogens with one attached hydrogen (secondary N) is 1. The Balaban J connectivity index is 1.60. The molecule has 8 heteroatoms. The van der Waals surface area contributed by atoms with Crippen LogP contribution in [0, 0.1) is 3.57 Å². The highest BCUT2D eigenvalue weighted by molar-refractivity contribution is 14.1. The maximum atomic E-state index is 12.7. The van der Waals surface area contributed by atoms with Crippen LogP contribution in [0.15, 0.2) is 54.6 Å². The third-order valence-electron chi connectivity index (χ3n) is 4.88. The monoisotopic (exact) mass is 564 g/mol. The second kappa shape index (κ2) is 9.54. The molecule has 0 saturated heterocycles. The van der Waals surface area contributed by atoms with Crippen molar-refractivity contribution in [2.75, 3.05) is 5.32 Å². The normalized spacial score (nSPS) is 11.1. The molecule has 1 amide bonds. The highest BCUT2D eigenvalue weighted by atomic mass is 127. The quantitative estimate of drug-likeness (QED) is 0.258. The standard InChI is InChI=1S/C23H19Cl2IN4O/c1-2-3-4-14-5-8-16(9-6-14)30-28-21-12-19(25)20(13-22(21)29-30)27-23(31)17-11-15(26)7-10-18(17)24/h5-13H,2-4H2,1H3,(H,27,31). The molecule has 0 spiro atoms. The number of carbonyl (C=O) groups is 1. The predicted octanol–water partition coefficient (Wildman–Crippen LogP) is 6.93. The lowest BCUT2D eigenvalue weighted by atomic mass is 10.1. The third kappa shape index (κ3) is 5.02. The Bertz CT molecular complexity index is 1250. The molecule has 0 aliphatic heterocycles. The Morgan fingerprint density at radius 2 is 1.71 bits per heavy atom. The lowest BCUT2D eigenvalue weighted by Crippen LogP contribution is -2.13. The summed E-state index contributed by atoms with van der Waals surface area (Å²) in [6, 6.07) is 16.9. The summed E-state index contributed by atoms with van der Waals surface area (Å²) in [6.07, 6.45) is 3.40. The van der Waals surface area contributed by atoms with E-state index in [9.17, 15) is 4.79 Å². The van der Waals surface area contributed by atoms with E-state index in [0.29, 0.717) is 32.3 Å². The van der Waals surface area contributed by atoms with Crippen molar-refractivity contribution in [2.24, 2.45) is 0 Å². The zero-order chi connectivity index (χ0) is 22.0. The van der Waals surface area contributed by atoms with Gasteiger partial charge in [-0.05, 0) is 83.5 Å². The Morgan fingerprint density at radius 3 is 2.42 bits per heavy atom. The fourth-order valence-corrected chi connectivity index (χ4v) is 4.09. The van der Waals surface area contributed by atoms with E-state index >= 15 is 0 Å². The van der Waals surface area contributed by atoms with E-state index in [1.54, 1.807) is 29.1 Å². The van der Waals surface area contributed by atoms with Crippen LogP contribution >= 0.6 is 45.8 Å². The van der Waals surface area contributed by atoms with Gasteiger partial charge in [-0.3, -0.25) is 4.79 Å². The largest absolute Gasteiger partial charge is 0.321 e. The number of anilines is 1. The van der Waals surface area contributed by atoms with Crippen molar-refractivity contribution in [3.05, 3.63) is 79.3 Å². The number of carbonyl (C=O) groups excluding carboxylic acids is 1. The van der Waals surface area contributed by atoms with Crippen LogP contribution in [-0.4, -0.2) is 20.9 Å². The number of unbranched alkanes of at least 4 members (excludes halogenated alkanes) is 1. The molecule has 5 nitrogen and oxygen atoms in total. The second-order valence-corrected chi connectivity index (χ2v) is 9.22. The molecule has 4 aromatic rings. The molecule has 0 unspecified atom stereocenters. The number of aromatic nitrogens is 3. The molecule has 0 atom stereocenters. The maximum Gasteiger partial charge on any atom is 0.257 e. The number of rotatable bonds is 6. The van der Waals surface area contributed by atoms with Crippen LogP contribution in [0.25, 0.3) is 16.7 Å². The van der Waals surface area contributed by atoms with Crippen LogP contribution in [0.1, 0.15) is 35.7 Å². The molecule has 1 aromatic heterocycles. The van der Waals surface area contributed by atoms with Gasteiger partial charge in [-0.25, -0.2) is 0 Å². The minimum absolute atomic E-state index is 0.333. The minimum atomic E-state index is -0.333. The molecular formula is C23H19Cl2IN4O. The van der Waals surface area contributed by atoms with Crippen molar-refractivity contribution in [2.45, 2.75) is 26.2 Å². The van der Waals surface area contributed by atoms with E-state index in [4.69, 9.17) is 23.2 Å². The summed E-state index contributed by atoms with van der Waals surface area (Å²) >= 11 is 14.7. The van der Waals surface area contributed by atoms with Gasteiger partial charge in [-0.2, -0.15) is 4.80 Å². The van der Waals surface area contributed by atoms with E-state index in [-0.39, 0.29) is 5.91 Å². The number of fused-ring (bicyclic) bond motifs is 1. The Kier molecular flexibility index (Phi) is 6.79. The number of halogens is 3. The summed E-state index contributed by atoms with van der Waals surface area (Å²) in [5, 5.41) is 12.7. The predicted molar refractivity (Wildman–Crippen MR) is 135 cm³/mol. The topological polar surface area (TPSA) is 59.8 Å². The van der Waals surface area contributed by atoms with Crippen molar-refractivity contribution in [1.29, 1.82) is 0 Å². The van der Waals surface area contributed by atoms with Gasteiger partial charge in [-0.15, -0.1) is 10.2 Å². The molecular weight excluding hydrogens is 546 g/mol. The molecule has 4 rings (SSSR count). The summed E-state index contributed by atoms with van der Waals surface area (Å²) in [6.45, 7) is 2.19. The van der Waals surface area contributed by atoms with Crippen LogP contribution in [0.5, 0.6) is 0 Å². The lowest BCUT2D eigenvalue weighted by molar-refractivity contribution is 0.102. The number of amides is 1. The minimum Gasteiger partial charge on any atom is -0.321 e. The summed E-state index contributed by atoms with van der Waals surface area (Å²) in [5.41, 5.74) is 4.27. The fourth-order valence-electron chi connectivity index (χ4n) is 3.19. The van der Waals surface area contributed by atoms with Crippen LogP contribution in [0.2, 0.25) is 10.0 Å². The van der Waals surface area contributed by atoms with Gasteiger partial charge in [0.15, 0.2) is 0 Å². The Labute approximate surface area is 203 Å². The zero-order valence-electron chi connectivity index (χ0n) is 16.7. The summed E-state index contributed by atoms with van der Waals surface area (Å²) in [4.78, 5) is 14.3. The number of hydrogen-bond donors (Lipinski definition) is 1. The summed E-state index contributed by atoms with van der Waals surface area (Å²) in [7, 11) is 0. The highest BCUT2D eigenvalue weighted by Gasteiger charge is 2.15. The third-order valence-corrected chi connectivity index (χ3v) is 6.19. The molecule has 3 aromatic carbocycles. The molecule has 0 radical (unpaired) electrons. The fraction of sp³-hybridized carbons (Fsp3) is 0.174. The first-order valence-corrected chi connectivity index (χ1v) is 11.7. The molecule has 0 bridgehead atoms. The van der Waals surface area contributed by atoms with Crippen LogP contribution in [0.4, 0.5) is 5.69 Å². The molecule has 0 fully saturated rings. The van der Waals surface area contributed by atoms with Gasteiger partial charge >= 0.3 is 0 Å². The SMILES string of the molecule is CCCCc1ccc(-n2nc3cc(Cl)c(NC(=O)c4cc(I)ccc4Cl)cc3n2)cc1. The van der Waals surface area contributed by atoms with Gasteiger partial charge < -0.3 is 5.32 Å². The molecule has 0 saturated carbocycles. The molecule has 31 heavy (non-hydrogen) atoms. The van der Waals surface area contributed by atoms with Crippen molar-refractivity contribution < 1.29 is 4.79 Å². The Morgan fingerprint density at radius 1 is 1.00 bits per heavy atom. The van der Waals surface area contributed by atoms with Crippen LogP contribution in [0.3, 0.4) is 0 Å². The zero-order valence-corrected chi connectivity index (χ0v) is 20.4. The van der Waals surface area contributed by atoms with Gasteiger partial charge in [-0.1, -0.05) is 48.7 Å². The first-order valence-electron chi connectivity index (χ1n) is 9.87. The van der Waals surface area contributed by atoms with Gasteiger partial charge in [0.25, 0.3) is 5.91 Å². The van der Waals surface area contributed by atoms with Gasteiger partial charge in [0.05, 0.1) is 27.0 Å². The van der Waals surface area contributed by atoms with Gasteiger partial charge in [0, 0.05) is 3.57 Å². The first kappa shape index (κ1) is 22.0. The number of benzene rings is 3. The molecule has 1 heterocycles. The van der Waals surface area contributed by atoms with E-state index in [1.165, 1.54) is 18.4 Å². The summed E-state index contributed by atoms with van der Waals surface area (Å²) < 4.78 is 0.914. The number of aryl methyl sites for hydroxylation is 1. The molecule has 0 aliphatic rings. The van der Waals surface area contributed by atoms with Crippen molar-refractivity contribution in [3.63, 3.8) is 0 Å². The van der Waals surface area contributed by atoms with E-state index in [0.717, 1.165) is 15.7 Å². The van der Waals surface area contributed by atoms with Crippen LogP contribution in [-0.2, 0) is 6.42 Å². The average molecular weight is 565 g/mol. The average Bonchev–Trinajstić information content (AvgIpc) is 3.17. The van der Waals surface area contributed by atoms with Crippen molar-refractivity contribution >= 4 is 68.4 Å². The molecule has 0 aliphatic carbocycles. The number of nitrogens with zero attached hydrogens (tertiary/aromatic N) is 3.